The molecular formula is C19H20FN3O. The van der Waals surface area contributed by atoms with Crippen molar-refractivity contribution >= 4 is 22.1 Å². The van der Waals surface area contributed by atoms with Crippen LogP contribution >= 0.6 is 0 Å². The SMILES string of the molecule is CCc1cc(F)cc(CC)c1Nc1cccc2c(C)n[nH]c(=O)c12. The third kappa shape index (κ3) is 2.77. The molecule has 124 valence electrons. The molecule has 0 unspecified atom stereocenters. The summed E-state index contributed by atoms with van der Waals surface area (Å²) in [5, 5.41) is 11.3. The third-order valence-electron chi connectivity index (χ3n) is 4.29. The second kappa shape index (κ2) is 6.43. The van der Waals surface area contributed by atoms with Crippen LogP contribution in [0.25, 0.3) is 10.8 Å². The van der Waals surface area contributed by atoms with Gasteiger partial charge in [0.15, 0.2) is 0 Å². The molecule has 0 bridgehead atoms. The lowest BCUT2D eigenvalue weighted by molar-refractivity contribution is 0.624. The van der Waals surface area contributed by atoms with Crippen molar-refractivity contribution in [2.75, 3.05) is 5.32 Å². The van der Waals surface area contributed by atoms with Gasteiger partial charge in [-0.3, -0.25) is 4.79 Å². The fourth-order valence-electron chi connectivity index (χ4n) is 3.03. The highest BCUT2D eigenvalue weighted by Crippen LogP contribution is 2.30. The summed E-state index contributed by atoms with van der Waals surface area (Å²) in [5.41, 5.74) is 3.89. The molecule has 4 nitrogen and oxygen atoms in total. The van der Waals surface area contributed by atoms with E-state index in [-0.39, 0.29) is 11.4 Å². The lowest BCUT2D eigenvalue weighted by atomic mass is 10.0. The van der Waals surface area contributed by atoms with Crippen LogP contribution in [-0.4, -0.2) is 10.2 Å². The van der Waals surface area contributed by atoms with E-state index in [4.69, 9.17) is 0 Å². The zero-order chi connectivity index (χ0) is 17.3. The summed E-state index contributed by atoms with van der Waals surface area (Å²) >= 11 is 0. The Morgan fingerprint density at radius 3 is 2.46 bits per heavy atom. The Balaban J connectivity index is 2.22. The van der Waals surface area contributed by atoms with Crippen LogP contribution in [0.3, 0.4) is 0 Å². The number of nitrogens with zero attached hydrogens (tertiary/aromatic N) is 1. The van der Waals surface area contributed by atoms with Gasteiger partial charge >= 0.3 is 0 Å². The first-order valence-corrected chi connectivity index (χ1v) is 8.11. The molecule has 2 N–H and O–H groups in total. The van der Waals surface area contributed by atoms with Gasteiger partial charge in [0.25, 0.3) is 5.56 Å². The molecule has 1 heterocycles. The molecule has 3 rings (SSSR count). The second-order valence-electron chi connectivity index (χ2n) is 5.80. The summed E-state index contributed by atoms with van der Waals surface area (Å²) in [7, 11) is 0. The van der Waals surface area contributed by atoms with Crippen LogP contribution in [0, 0.1) is 12.7 Å². The number of nitrogens with one attached hydrogen (secondary N) is 2. The van der Waals surface area contributed by atoms with E-state index in [1.54, 1.807) is 12.1 Å². The van der Waals surface area contributed by atoms with Crippen molar-refractivity contribution in [3.63, 3.8) is 0 Å². The van der Waals surface area contributed by atoms with Crippen molar-refractivity contribution in [1.82, 2.24) is 10.2 Å². The van der Waals surface area contributed by atoms with Crippen molar-refractivity contribution in [2.24, 2.45) is 0 Å². The highest BCUT2D eigenvalue weighted by atomic mass is 19.1. The molecule has 0 saturated carbocycles. The molecule has 0 aliphatic carbocycles. The second-order valence-corrected chi connectivity index (χ2v) is 5.80. The van der Waals surface area contributed by atoms with Crippen LogP contribution in [0.2, 0.25) is 0 Å². The quantitative estimate of drug-likeness (QED) is 0.754. The molecule has 24 heavy (non-hydrogen) atoms. The number of aromatic nitrogens is 2. The van der Waals surface area contributed by atoms with E-state index < -0.39 is 0 Å². The molecule has 0 saturated heterocycles. The van der Waals surface area contributed by atoms with Crippen molar-refractivity contribution in [2.45, 2.75) is 33.6 Å². The average Bonchev–Trinajstić information content (AvgIpc) is 2.59. The number of anilines is 2. The van der Waals surface area contributed by atoms with Crippen LogP contribution in [0.5, 0.6) is 0 Å². The van der Waals surface area contributed by atoms with Gasteiger partial charge in [-0.25, -0.2) is 9.49 Å². The number of aryl methyl sites for hydroxylation is 3. The van der Waals surface area contributed by atoms with Gasteiger partial charge < -0.3 is 5.32 Å². The highest BCUT2D eigenvalue weighted by molar-refractivity contribution is 5.96. The van der Waals surface area contributed by atoms with E-state index in [2.05, 4.69) is 15.5 Å². The lowest BCUT2D eigenvalue weighted by Crippen LogP contribution is -2.12. The summed E-state index contributed by atoms with van der Waals surface area (Å²) in [6.45, 7) is 5.83. The molecule has 0 amide bonds. The number of benzene rings is 2. The molecule has 5 heteroatoms. The number of aromatic amines is 1. The predicted octanol–water partition coefficient (Wildman–Crippen LogP) is 4.24. The Morgan fingerprint density at radius 2 is 1.83 bits per heavy atom. The van der Waals surface area contributed by atoms with E-state index in [1.165, 1.54) is 0 Å². The van der Waals surface area contributed by atoms with Crippen LogP contribution in [0.15, 0.2) is 35.1 Å². The van der Waals surface area contributed by atoms with Crippen LogP contribution in [-0.2, 0) is 12.8 Å². The monoisotopic (exact) mass is 325 g/mol. The molecule has 0 fully saturated rings. The van der Waals surface area contributed by atoms with Crippen LogP contribution < -0.4 is 10.9 Å². The number of hydrogen-bond acceptors (Lipinski definition) is 3. The van der Waals surface area contributed by atoms with E-state index in [0.29, 0.717) is 23.9 Å². The summed E-state index contributed by atoms with van der Waals surface area (Å²) < 4.78 is 13.8. The maximum atomic E-state index is 13.8. The largest absolute Gasteiger partial charge is 0.354 e. The number of hydrogen-bond donors (Lipinski definition) is 2. The average molecular weight is 325 g/mol. The summed E-state index contributed by atoms with van der Waals surface area (Å²) in [4.78, 5) is 12.3. The summed E-state index contributed by atoms with van der Waals surface area (Å²) in [6.07, 6.45) is 1.41. The van der Waals surface area contributed by atoms with Gasteiger partial charge in [-0.05, 0) is 49.1 Å². The molecule has 0 atom stereocenters. The van der Waals surface area contributed by atoms with E-state index >= 15 is 0 Å². The molecule has 0 radical (unpaired) electrons. The zero-order valence-electron chi connectivity index (χ0n) is 14.0. The Hall–Kier alpha value is -2.69. The molecule has 0 aliphatic rings. The summed E-state index contributed by atoms with van der Waals surface area (Å²) in [5.74, 6) is -0.231. The minimum atomic E-state index is -0.239. The first-order chi connectivity index (χ1) is 11.5. The minimum absolute atomic E-state index is 0.231. The molecule has 3 aromatic rings. The van der Waals surface area contributed by atoms with Gasteiger partial charge in [0, 0.05) is 11.1 Å². The molecule has 2 aromatic carbocycles. The van der Waals surface area contributed by atoms with Gasteiger partial charge in [0.1, 0.15) is 5.82 Å². The van der Waals surface area contributed by atoms with Gasteiger partial charge in [-0.2, -0.15) is 5.10 Å². The summed E-state index contributed by atoms with van der Waals surface area (Å²) in [6, 6.07) is 8.72. The maximum Gasteiger partial charge on any atom is 0.274 e. The number of H-pyrrole nitrogens is 1. The molecular weight excluding hydrogens is 305 g/mol. The molecule has 0 aliphatic heterocycles. The fraction of sp³-hybridized carbons (Fsp3) is 0.263. The third-order valence-corrected chi connectivity index (χ3v) is 4.29. The maximum absolute atomic E-state index is 13.8. The van der Waals surface area contributed by atoms with Crippen molar-refractivity contribution in [3.8, 4) is 0 Å². The van der Waals surface area contributed by atoms with E-state index in [0.717, 1.165) is 27.9 Å². The van der Waals surface area contributed by atoms with Crippen molar-refractivity contribution in [3.05, 3.63) is 63.3 Å². The lowest BCUT2D eigenvalue weighted by Gasteiger charge is -2.17. The molecule has 1 aromatic heterocycles. The van der Waals surface area contributed by atoms with Gasteiger partial charge in [-0.15, -0.1) is 0 Å². The first kappa shape index (κ1) is 16.2. The number of fused-ring (bicyclic) bond motifs is 1. The Labute approximate surface area is 139 Å². The van der Waals surface area contributed by atoms with Crippen LogP contribution in [0.1, 0.15) is 30.7 Å². The van der Waals surface area contributed by atoms with Gasteiger partial charge in [0.05, 0.1) is 16.8 Å². The fourth-order valence-corrected chi connectivity index (χ4v) is 3.03. The Morgan fingerprint density at radius 1 is 1.17 bits per heavy atom. The topological polar surface area (TPSA) is 57.8 Å². The highest BCUT2D eigenvalue weighted by Gasteiger charge is 2.13. The smallest absolute Gasteiger partial charge is 0.274 e. The number of halogens is 1. The van der Waals surface area contributed by atoms with Crippen LogP contribution in [0.4, 0.5) is 15.8 Å². The standard InChI is InChI=1S/C19H20FN3O/c1-4-12-9-14(20)10-13(5-2)18(12)21-16-8-6-7-15-11(3)22-23-19(24)17(15)16/h6-10,21H,4-5H2,1-3H3,(H,23,24). The Kier molecular flexibility index (Phi) is 4.34. The Bertz CT molecular complexity index is 937. The van der Waals surface area contributed by atoms with Crippen molar-refractivity contribution < 1.29 is 4.39 Å². The first-order valence-electron chi connectivity index (χ1n) is 8.11. The number of rotatable bonds is 4. The van der Waals surface area contributed by atoms with Gasteiger partial charge in [-0.1, -0.05) is 26.0 Å². The minimum Gasteiger partial charge on any atom is -0.354 e. The van der Waals surface area contributed by atoms with Gasteiger partial charge in [0.2, 0.25) is 0 Å². The molecule has 0 spiro atoms. The normalized spacial score (nSPS) is 11.0. The zero-order valence-corrected chi connectivity index (χ0v) is 14.0. The van der Waals surface area contributed by atoms with E-state index in [9.17, 15) is 9.18 Å². The predicted molar refractivity (Wildman–Crippen MR) is 95.5 cm³/mol. The van der Waals surface area contributed by atoms with E-state index in [1.807, 2.05) is 39.0 Å². The van der Waals surface area contributed by atoms with Crippen molar-refractivity contribution in [1.29, 1.82) is 0 Å².